The Labute approximate surface area is 142 Å². The molecule has 0 radical (unpaired) electrons. The summed E-state index contributed by atoms with van der Waals surface area (Å²) in [5.41, 5.74) is -0.0954. The van der Waals surface area contributed by atoms with Crippen molar-refractivity contribution in [3.05, 3.63) is 58.9 Å². The molecule has 0 heterocycles. The number of rotatable bonds is 5. The molecule has 2 aromatic carbocycles. The van der Waals surface area contributed by atoms with Gasteiger partial charge in [0.1, 0.15) is 18.2 Å². The Bertz CT molecular complexity index is 768. The van der Waals surface area contributed by atoms with Crippen molar-refractivity contribution in [1.82, 2.24) is 0 Å². The van der Waals surface area contributed by atoms with Gasteiger partial charge in [0, 0.05) is 0 Å². The van der Waals surface area contributed by atoms with Crippen LogP contribution in [0.4, 0.5) is 23.7 Å². The van der Waals surface area contributed by atoms with E-state index in [1.54, 1.807) is 13.0 Å². The molecule has 0 bridgehead atoms. The molecule has 0 aromatic heterocycles. The third kappa shape index (κ3) is 4.21. The zero-order valence-electron chi connectivity index (χ0n) is 13.5. The minimum atomic E-state index is -2.76. The van der Waals surface area contributed by atoms with E-state index in [1.165, 1.54) is 24.3 Å². The molecule has 0 unspecified atom stereocenters. The van der Waals surface area contributed by atoms with Crippen LogP contribution in [-0.4, -0.2) is 18.4 Å². The van der Waals surface area contributed by atoms with Crippen LogP contribution >= 0.6 is 0 Å². The molecule has 0 fully saturated rings. The van der Waals surface area contributed by atoms with E-state index in [2.05, 4.69) is 4.74 Å². The van der Waals surface area contributed by atoms with Crippen LogP contribution in [0.15, 0.2) is 36.4 Å². The van der Waals surface area contributed by atoms with Crippen molar-refractivity contribution >= 4 is 11.8 Å². The number of aryl methyl sites for hydroxylation is 1. The number of hydrogen-bond acceptors (Lipinski definition) is 4. The van der Waals surface area contributed by atoms with Crippen LogP contribution in [0, 0.1) is 12.7 Å². The minimum Gasteiger partial charge on any atom is -0.488 e. The van der Waals surface area contributed by atoms with Crippen molar-refractivity contribution < 1.29 is 32.6 Å². The maximum Gasteiger partial charge on any atom is 0.438 e. The van der Waals surface area contributed by atoms with E-state index < -0.39 is 24.9 Å². The summed E-state index contributed by atoms with van der Waals surface area (Å²) in [6.07, 6.45) is -3.89. The minimum absolute atomic E-state index is 0.114. The highest BCUT2D eigenvalue weighted by molar-refractivity contribution is 5.85. The van der Waals surface area contributed by atoms with Crippen LogP contribution in [0.25, 0.3) is 0 Å². The van der Waals surface area contributed by atoms with Crippen LogP contribution in [0.5, 0.6) is 5.75 Å². The Morgan fingerprint density at radius 3 is 2.64 bits per heavy atom. The Hall–Kier alpha value is -2.74. The van der Waals surface area contributed by atoms with Gasteiger partial charge in [0.05, 0.1) is 23.9 Å². The van der Waals surface area contributed by atoms with Crippen molar-refractivity contribution in [3.8, 4) is 5.75 Å². The van der Waals surface area contributed by atoms with Gasteiger partial charge in [-0.25, -0.2) is 18.0 Å². The molecule has 0 aliphatic heterocycles. The van der Waals surface area contributed by atoms with E-state index in [9.17, 15) is 23.2 Å². The first-order chi connectivity index (χ1) is 11.8. The lowest BCUT2D eigenvalue weighted by atomic mass is 10.1. The maximum atomic E-state index is 14.1. The number of hydroxylamine groups is 1. The number of hydrogen-bond donors (Lipinski definition) is 1. The number of benzene rings is 2. The second-order valence-corrected chi connectivity index (χ2v) is 5.15. The first-order valence-corrected chi connectivity index (χ1v) is 7.21. The van der Waals surface area contributed by atoms with Crippen molar-refractivity contribution in [3.63, 3.8) is 0 Å². The summed E-state index contributed by atoms with van der Waals surface area (Å²) in [6.45, 7) is 1.18. The lowest BCUT2D eigenvalue weighted by Crippen LogP contribution is -2.28. The number of carbonyl (C=O) groups excluding carboxylic acids is 1. The number of amides is 1. The molecule has 0 spiro atoms. The molecule has 1 amide bonds. The number of carbonyl (C=O) groups is 1. The highest BCUT2D eigenvalue weighted by Crippen LogP contribution is 2.31. The summed E-state index contributed by atoms with van der Waals surface area (Å²) in [4.78, 5) is 11.4. The molecular weight excluding hydrogens is 339 g/mol. The number of ether oxygens (including phenoxy) is 2. The van der Waals surface area contributed by atoms with Crippen LogP contribution in [-0.2, 0) is 11.3 Å². The first kappa shape index (κ1) is 18.6. The summed E-state index contributed by atoms with van der Waals surface area (Å²) in [5.74, 6) is -0.886. The Kier molecular flexibility index (Phi) is 5.87. The average Bonchev–Trinajstić information content (AvgIpc) is 2.59. The first-order valence-electron chi connectivity index (χ1n) is 7.21. The van der Waals surface area contributed by atoms with E-state index in [1.807, 2.05) is 0 Å². The highest BCUT2D eigenvalue weighted by Gasteiger charge is 2.21. The quantitative estimate of drug-likeness (QED) is 0.628. The summed E-state index contributed by atoms with van der Waals surface area (Å²) in [5, 5.41) is 9.90. The molecular formula is C17H16F3NO4. The van der Waals surface area contributed by atoms with Crippen LogP contribution in [0.3, 0.4) is 0 Å². The van der Waals surface area contributed by atoms with E-state index in [4.69, 9.17) is 4.74 Å². The fourth-order valence-electron chi connectivity index (χ4n) is 2.19. The van der Waals surface area contributed by atoms with Gasteiger partial charge in [-0.05, 0) is 31.2 Å². The predicted octanol–water partition coefficient (Wildman–Crippen LogP) is 4.61. The van der Waals surface area contributed by atoms with E-state index in [0.29, 0.717) is 5.56 Å². The highest BCUT2D eigenvalue weighted by atomic mass is 19.3. The van der Waals surface area contributed by atoms with Gasteiger partial charge in [0.25, 0.3) is 6.43 Å². The molecule has 134 valence electrons. The Balaban J connectivity index is 2.31. The smallest absolute Gasteiger partial charge is 0.438 e. The third-order valence-electron chi connectivity index (χ3n) is 3.44. The van der Waals surface area contributed by atoms with Crippen molar-refractivity contribution in [2.45, 2.75) is 20.0 Å². The van der Waals surface area contributed by atoms with Gasteiger partial charge in [0.15, 0.2) is 0 Å². The standard InChI is InChI=1S/C17H16F3NO4/c1-10-6-7-15(11(8-10)16(19)20)25-9-12-13(18)4-3-5-14(12)21(23)17(22)24-2/h3-8,16,23H,9H2,1-2H3. The molecule has 5 nitrogen and oxygen atoms in total. The number of anilines is 1. The number of alkyl halides is 2. The monoisotopic (exact) mass is 355 g/mol. The number of halogens is 3. The number of methoxy groups -OCH3 is 1. The molecule has 0 saturated heterocycles. The third-order valence-corrected chi connectivity index (χ3v) is 3.44. The van der Waals surface area contributed by atoms with Gasteiger partial charge in [-0.3, -0.25) is 5.21 Å². The van der Waals surface area contributed by atoms with Crippen molar-refractivity contribution in [2.75, 3.05) is 12.2 Å². The van der Waals surface area contributed by atoms with Crippen molar-refractivity contribution in [2.24, 2.45) is 0 Å². The molecule has 2 rings (SSSR count). The molecule has 25 heavy (non-hydrogen) atoms. The zero-order valence-corrected chi connectivity index (χ0v) is 13.5. The average molecular weight is 355 g/mol. The molecule has 2 aromatic rings. The lowest BCUT2D eigenvalue weighted by molar-refractivity contribution is 0.140. The fraction of sp³-hybridized carbons (Fsp3) is 0.235. The SMILES string of the molecule is COC(=O)N(O)c1cccc(F)c1COc1ccc(C)cc1C(F)F. The predicted molar refractivity (Wildman–Crippen MR) is 83.5 cm³/mol. The van der Waals surface area contributed by atoms with Gasteiger partial charge >= 0.3 is 6.09 Å². The zero-order chi connectivity index (χ0) is 18.6. The Morgan fingerprint density at radius 2 is 2.00 bits per heavy atom. The summed E-state index contributed by atoms with van der Waals surface area (Å²) in [7, 11) is 1.04. The van der Waals surface area contributed by atoms with E-state index >= 15 is 0 Å². The summed E-state index contributed by atoms with van der Waals surface area (Å²) >= 11 is 0. The van der Waals surface area contributed by atoms with E-state index in [0.717, 1.165) is 13.2 Å². The fourth-order valence-corrected chi connectivity index (χ4v) is 2.19. The Morgan fingerprint density at radius 1 is 1.28 bits per heavy atom. The van der Waals surface area contributed by atoms with Gasteiger partial charge in [-0.2, -0.15) is 5.06 Å². The normalized spacial score (nSPS) is 10.7. The maximum absolute atomic E-state index is 14.1. The molecule has 1 N–H and O–H groups in total. The second kappa shape index (κ2) is 7.89. The molecule has 0 atom stereocenters. The van der Waals surface area contributed by atoms with Gasteiger partial charge in [0.2, 0.25) is 0 Å². The summed E-state index contributed by atoms with van der Waals surface area (Å²) < 4.78 is 50.0. The van der Waals surface area contributed by atoms with Crippen LogP contribution in [0.1, 0.15) is 23.1 Å². The molecule has 8 heteroatoms. The van der Waals surface area contributed by atoms with Gasteiger partial charge < -0.3 is 9.47 Å². The van der Waals surface area contributed by atoms with E-state index in [-0.39, 0.29) is 27.6 Å². The summed E-state index contributed by atoms with van der Waals surface area (Å²) in [6, 6.07) is 7.84. The van der Waals surface area contributed by atoms with Crippen LogP contribution in [0.2, 0.25) is 0 Å². The van der Waals surface area contributed by atoms with Crippen molar-refractivity contribution in [1.29, 1.82) is 0 Å². The molecule has 0 aliphatic carbocycles. The van der Waals surface area contributed by atoms with Crippen LogP contribution < -0.4 is 9.80 Å². The largest absolute Gasteiger partial charge is 0.488 e. The van der Waals surface area contributed by atoms with Gasteiger partial charge in [-0.15, -0.1) is 0 Å². The van der Waals surface area contributed by atoms with Gasteiger partial charge in [-0.1, -0.05) is 17.7 Å². The second-order valence-electron chi connectivity index (χ2n) is 5.15. The number of nitrogens with zero attached hydrogens (tertiary/aromatic N) is 1. The topological polar surface area (TPSA) is 59.0 Å². The lowest BCUT2D eigenvalue weighted by Gasteiger charge is -2.18. The molecule has 0 aliphatic rings. The molecule has 0 saturated carbocycles.